The number of benzene rings is 2. The lowest BCUT2D eigenvalue weighted by molar-refractivity contribution is -0.0497. The summed E-state index contributed by atoms with van der Waals surface area (Å²) in [5, 5.41) is 0.650. The number of hydrogen-bond acceptors (Lipinski definition) is 4. The summed E-state index contributed by atoms with van der Waals surface area (Å²) >= 11 is 0. The van der Waals surface area contributed by atoms with Crippen LogP contribution in [-0.2, 0) is 6.42 Å². The van der Waals surface area contributed by atoms with Crippen molar-refractivity contribution in [3.8, 4) is 11.5 Å². The minimum atomic E-state index is -2.90. The average Bonchev–Trinajstić information content (AvgIpc) is 3.29. The van der Waals surface area contributed by atoms with Gasteiger partial charge >= 0.3 is 6.61 Å². The number of likely N-dealkylation sites (tertiary alicyclic amines) is 1. The second kappa shape index (κ2) is 12.4. The molecule has 2 unspecified atom stereocenters. The van der Waals surface area contributed by atoms with Crippen LogP contribution in [0.4, 0.5) is 13.2 Å². The number of nitrogens with zero attached hydrogens (tertiary/aromatic N) is 2. The number of piperidine rings is 1. The normalized spacial score (nSPS) is 17.2. The summed E-state index contributed by atoms with van der Waals surface area (Å²) < 4.78 is 47.9. The Kier molecular flexibility index (Phi) is 8.97. The Morgan fingerprint density at radius 2 is 1.95 bits per heavy atom. The third kappa shape index (κ3) is 7.41. The lowest BCUT2D eigenvalue weighted by atomic mass is 9.96. The molecule has 0 aliphatic carbocycles. The van der Waals surface area contributed by atoms with Crippen LogP contribution < -0.4 is 9.47 Å². The lowest BCUT2D eigenvalue weighted by Gasteiger charge is -2.35. The van der Waals surface area contributed by atoms with E-state index in [2.05, 4.69) is 14.6 Å². The second-order valence-corrected chi connectivity index (χ2v) is 9.52. The van der Waals surface area contributed by atoms with E-state index in [0.717, 1.165) is 44.5 Å². The molecule has 0 saturated carbocycles. The third-order valence-electron chi connectivity index (χ3n) is 6.71. The molecule has 3 aromatic rings. The van der Waals surface area contributed by atoms with Crippen LogP contribution in [0.1, 0.15) is 42.7 Å². The predicted octanol–water partition coefficient (Wildman–Crippen LogP) is 5.88. The first kappa shape index (κ1) is 26.9. The molecule has 1 aliphatic heterocycles. The molecule has 0 bridgehead atoms. The van der Waals surface area contributed by atoms with E-state index in [4.69, 9.17) is 4.74 Å². The summed E-state index contributed by atoms with van der Waals surface area (Å²) in [4.78, 5) is 20.7. The molecule has 1 fully saturated rings. The van der Waals surface area contributed by atoms with E-state index in [1.165, 1.54) is 19.1 Å². The summed E-state index contributed by atoms with van der Waals surface area (Å²) in [5.41, 5.74) is 2.23. The van der Waals surface area contributed by atoms with Gasteiger partial charge < -0.3 is 24.3 Å². The fraction of sp³-hybridized carbons (Fsp3) is 0.464. The van der Waals surface area contributed by atoms with Crippen molar-refractivity contribution < 1.29 is 27.4 Å². The topological polar surface area (TPSA) is 57.8 Å². The minimum Gasteiger partial charge on any atom is -0.461 e. The van der Waals surface area contributed by atoms with Crippen LogP contribution in [0.25, 0.3) is 10.9 Å². The molecule has 0 radical (unpaired) electrons. The number of aromatic nitrogens is 1. The van der Waals surface area contributed by atoms with Crippen molar-refractivity contribution in [2.75, 3.05) is 32.7 Å². The zero-order valence-corrected chi connectivity index (χ0v) is 21.3. The molecule has 9 heteroatoms. The average molecular weight is 518 g/mol. The van der Waals surface area contributed by atoms with Crippen LogP contribution >= 0.6 is 0 Å². The molecule has 6 nitrogen and oxygen atoms in total. The number of H-pyrrole nitrogens is 1. The summed E-state index contributed by atoms with van der Waals surface area (Å²) in [6.45, 7) is 4.46. The molecule has 1 amide bonds. The molecule has 4 rings (SSSR count). The highest BCUT2D eigenvalue weighted by atomic mass is 19.3. The third-order valence-corrected chi connectivity index (χ3v) is 6.71. The smallest absolute Gasteiger partial charge is 0.387 e. The zero-order chi connectivity index (χ0) is 26.4. The molecular weight excluding hydrogens is 483 g/mol. The number of fused-ring (bicyclic) bond motifs is 1. The maximum atomic E-state index is 13.3. The summed E-state index contributed by atoms with van der Waals surface area (Å²) in [5.74, 6) is 0.850. The zero-order valence-electron chi connectivity index (χ0n) is 21.3. The van der Waals surface area contributed by atoms with Crippen LogP contribution in [0.2, 0.25) is 0 Å². The van der Waals surface area contributed by atoms with E-state index in [1.807, 2.05) is 30.0 Å². The minimum absolute atomic E-state index is 0.0615. The van der Waals surface area contributed by atoms with Gasteiger partial charge in [-0.25, -0.2) is 4.39 Å². The summed E-state index contributed by atoms with van der Waals surface area (Å²) in [6.07, 6.45) is 1.62. The molecule has 2 heterocycles. The lowest BCUT2D eigenvalue weighted by Crippen LogP contribution is -2.43. The number of aromatic amines is 1. The Morgan fingerprint density at radius 3 is 2.70 bits per heavy atom. The highest BCUT2D eigenvalue weighted by Gasteiger charge is 2.25. The largest absolute Gasteiger partial charge is 0.461 e. The van der Waals surface area contributed by atoms with E-state index in [0.29, 0.717) is 41.4 Å². The molecule has 200 valence electrons. The van der Waals surface area contributed by atoms with Gasteiger partial charge in [-0.1, -0.05) is 12.1 Å². The number of hydrogen-bond donors (Lipinski definition) is 1. The van der Waals surface area contributed by atoms with Crippen LogP contribution in [0, 0.1) is 5.92 Å². The first-order valence-electron chi connectivity index (χ1n) is 12.8. The highest BCUT2D eigenvalue weighted by molar-refractivity contribution is 5.98. The molecule has 2 aromatic carbocycles. The number of halogens is 3. The van der Waals surface area contributed by atoms with Crippen molar-refractivity contribution in [3.05, 3.63) is 59.8 Å². The molecule has 37 heavy (non-hydrogen) atoms. The number of alkyl halides is 3. The van der Waals surface area contributed by atoms with Gasteiger partial charge in [-0.2, -0.15) is 8.78 Å². The van der Waals surface area contributed by atoms with Crippen LogP contribution in [0.15, 0.2) is 48.5 Å². The van der Waals surface area contributed by atoms with Gasteiger partial charge in [0.25, 0.3) is 5.91 Å². The Balaban J connectivity index is 1.34. The van der Waals surface area contributed by atoms with Crippen molar-refractivity contribution in [2.45, 2.75) is 46.1 Å². The van der Waals surface area contributed by atoms with Crippen molar-refractivity contribution in [1.82, 2.24) is 14.8 Å². The molecule has 1 aliphatic rings. The van der Waals surface area contributed by atoms with Crippen molar-refractivity contribution >= 4 is 16.8 Å². The van der Waals surface area contributed by atoms with E-state index in [1.54, 1.807) is 18.2 Å². The van der Waals surface area contributed by atoms with Gasteiger partial charge in [0, 0.05) is 44.0 Å². The Morgan fingerprint density at radius 1 is 1.14 bits per heavy atom. The van der Waals surface area contributed by atoms with E-state index >= 15 is 0 Å². The van der Waals surface area contributed by atoms with Gasteiger partial charge in [0.05, 0.1) is 0 Å². The molecule has 1 N–H and O–H groups in total. The summed E-state index contributed by atoms with van der Waals surface area (Å²) in [7, 11) is 0. The van der Waals surface area contributed by atoms with Gasteiger partial charge in [0.1, 0.15) is 17.2 Å². The maximum Gasteiger partial charge on any atom is 0.387 e. The van der Waals surface area contributed by atoms with Crippen molar-refractivity contribution in [3.63, 3.8) is 0 Å². The number of rotatable bonds is 11. The van der Waals surface area contributed by atoms with E-state index in [-0.39, 0.29) is 11.7 Å². The van der Waals surface area contributed by atoms with Crippen LogP contribution in [0.5, 0.6) is 11.5 Å². The predicted molar refractivity (Wildman–Crippen MR) is 137 cm³/mol. The van der Waals surface area contributed by atoms with Gasteiger partial charge in [0.15, 0.2) is 0 Å². The maximum absolute atomic E-state index is 13.3. The van der Waals surface area contributed by atoms with Gasteiger partial charge in [-0.15, -0.1) is 0 Å². The van der Waals surface area contributed by atoms with Crippen molar-refractivity contribution in [2.24, 2.45) is 5.92 Å². The number of carbonyl (C=O) groups excluding carboxylic acids is 1. The van der Waals surface area contributed by atoms with Gasteiger partial charge in [-0.3, -0.25) is 4.79 Å². The van der Waals surface area contributed by atoms with Crippen LogP contribution in [0.3, 0.4) is 0 Å². The van der Waals surface area contributed by atoms with Gasteiger partial charge in [0.2, 0.25) is 6.36 Å². The van der Waals surface area contributed by atoms with Gasteiger partial charge in [-0.05, 0) is 80.6 Å². The Hall–Kier alpha value is -3.20. The molecule has 2 atom stereocenters. The highest BCUT2D eigenvalue weighted by Crippen LogP contribution is 2.25. The van der Waals surface area contributed by atoms with Crippen molar-refractivity contribution in [1.29, 1.82) is 0 Å². The SMILES string of the molecule is CCN(CC1CCCN(CCc2cccc(OC(C)F)c2)C1)C(=O)c1cc2cc(OC(F)F)ccc2[nH]1. The number of ether oxygens (including phenoxy) is 2. The monoisotopic (exact) mass is 517 g/mol. The van der Waals surface area contributed by atoms with E-state index in [9.17, 15) is 18.0 Å². The molecule has 0 spiro atoms. The number of amides is 1. The fourth-order valence-electron chi connectivity index (χ4n) is 4.99. The Bertz CT molecular complexity index is 1180. The molecular formula is C28H34F3N3O3. The molecule has 1 saturated heterocycles. The Labute approximate surface area is 215 Å². The fourth-order valence-corrected chi connectivity index (χ4v) is 4.99. The first-order valence-corrected chi connectivity index (χ1v) is 12.8. The second-order valence-electron chi connectivity index (χ2n) is 9.52. The summed E-state index contributed by atoms with van der Waals surface area (Å²) in [6, 6.07) is 13.8. The first-order chi connectivity index (χ1) is 17.8. The van der Waals surface area contributed by atoms with Crippen LogP contribution in [-0.4, -0.2) is 66.4 Å². The number of nitrogens with one attached hydrogen (secondary N) is 1. The van der Waals surface area contributed by atoms with E-state index < -0.39 is 13.0 Å². The number of carbonyl (C=O) groups is 1. The quantitative estimate of drug-likeness (QED) is 0.345. The molecule has 1 aromatic heterocycles. The standard InChI is InChI=1S/C28H34F3N3O3/c1-3-34(27(35)26-16-22-15-24(37-28(30)31)9-10-25(22)32-26)18-21-7-5-12-33(17-21)13-11-20-6-4-8-23(14-20)36-19(2)29/h4,6,8-10,14-16,19,21,28,32H,3,5,7,11-13,17-18H2,1-2H3.